The van der Waals surface area contributed by atoms with Crippen LogP contribution in [-0.2, 0) is 14.3 Å². The number of halogens is 1. The summed E-state index contributed by atoms with van der Waals surface area (Å²) in [6.07, 6.45) is 2.66. The first-order valence-corrected chi connectivity index (χ1v) is 7.55. The van der Waals surface area contributed by atoms with E-state index in [1.54, 1.807) is 36.4 Å². The lowest BCUT2D eigenvalue weighted by Crippen LogP contribution is -2.19. The van der Waals surface area contributed by atoms with Gasteiger partial charge in [0.1, 0.15) is 24.6 Å². The van der Waals surface area contributed by atoms with Crippen molar-refractivity contribution in [3.05, 3.63) is 41.4 Å². The first-order chi connectivity index (χ1) is 10.6. The molecule has 2 fully saturated rings. The Morgan fingerprint density at radius 1 is 1.50 bits per heavy atom. The third kappa shape index (κ3) is 3.61. The van der Waals surface area contributed by atoms with Gasteiger partial charge in [0.05, 0.1) is 19.1 Å². The van der Waals surface area contributed by atoms with E-state index in [-0.39, 0.29) is 30.7 Å². The van der Waals surface area contributed by atoms with Crippen molar-refractivity contribution in [2.24, 2.45) is 5.92 Å². The largest absolute Gasteiger partial charge is 0.491 e. The zero-order valence-corrected chi connectivity index (χ0v) is 12.6. The average molecular weight is 325 g/mol. The molecule has 2 aliphatic rings. The van der Waals surface area contributed by atoms with E-state index in [2.05, 4.69) is 0 Å². The van der Waals surface area contributed by atoms with Gasteiger partial charge in [0.2, 0.25) is 0 Å². The maximum absolute atomic E-state index is 11.2. The lowest BCUT2D eigenvalue weighted by molar-refractivity contribution is -0.142. The summed E-state index contributed by atoms with van der Waals surface area (Å²) in [6, 6.07) is 6.99. The molecule has 0 bridgehead atoms. The Bertz CT molecular complexity index is 573. The van der Waals surface area contributed by atoms with E-state index < -0.39 is 6.10 Å². The van der Waals surface area contributed by atoms with Crippen LogP contribution in [0.3, 0.4) is 0 Å². The van der Waals surface area contributed by atoms with E-state index >= 15 is 0 Å². The molecule has 5 nitrogen and oxygen atoms in total. The van der Waals surface area contributed by atoms with Crippen LogP contribution in [0.1, 0.15) is 6.42 Å². The Hall–Kier alpha value is -1.56. The van der Waals surface area contributed by atoms with Gasteiger partial charge in [-0.25, -0.2) is 0 Å². The summed E-state index contributed by atoms with van der Waals surface area (Å²) in [6.45, 7) is 0.535. The Morgan fingerprint density at radius 2 is 2.36 bits per heavy atom. The van der Waals surface area contributed by atoms with Gasteiger partial charge in [-0.3, -0.25) is 4.79 Å². The number of ether oxygens (including phenoxy) is 3. The molecule has 1 aromatic rings. The van der Waals surface area contributed by atoms with Crippen LogP contribution < -0.4 is 4.74 Å². The van der Waals surface area contributed by atoms with Gasteiger partial charge in [0, 0.05) is 10.9 Å². The van der Waals surface area contributed by atoms with Gasteiger partial charge in [-0.2, -0.15) is 0 Å². The van der Waals surface area contributed by atoms with Crippen LogP contribution in [0.2, 0.25) is 5.02 Å². The molecule has 2 heterocycles. The summed E-state index contributed by atoms with van der Waals surface area (Å²) in [5.41, 5.74) is 0. The van der Waals surface area contributed by atoms with E-state index in [4.69, 9.17) is 25.8 Å². The van der Waals surface area contributed by atoms with Gasteiger partial charge >= 0.3 is 5.97 Å². The standard InChI is InChI=1S/C16H17ClO5/c17-10-2-1-3-12(6-10)20-8-11(18)4-5-14-13-7-16(19)22-15(13)9-21-14/h1-6,11,13-15,18H,7-9H2/t11?,13-,14-,15+/m1/s1. The highest BCUT2D eigenvalue weighted by molar-refractivity contribution is 6.30. The smallest absolute Gasteiger partial charge is 0.306 e. The van der Waals surface area contributed by atoms with Crippen LogP contribution in [0, 0.1) is 5.92 Å². The first-order valence-electron chi connectivity index (χ1n) is 7.17. The molecule has 2 aliphatic heterocycles. The monoisotopic (exact) mass is 324 g/mol. The number of esters is 1. The van der Waals surface area contributed by atoms with Crippen molar-refractivity contribution in [1.29, 1.82) is 0 Å². The highest BCUT2D eigenvalue weighted by Crippen LogP contribution is 2.33. The van der Waals surface area contributed by atoms with E-state index in [1.165, 1.54) is 0 Å². The summed E-state index contributed by atoms with van der Waals surface area (Å²) < 4.78 is 16.2. The molecule has 3 rings (SSSR count). The highest BCUT2D eigenvalue weighted by atomic mass is 35.5. The highest BCUT2D eigenvalue weighted by Gasteiger charge is 2.44. The molecule has 6 heteroatoms. The number of benzene rings is 1. The van der Waals surface area contributed by atoms with Gasteiger partial charge in [-0.15, -0.1) is 0 Å². The van der Waals surface area contributed by atoms with Crippen molar-refractivity contribution in [1.82, 2.24) is 0 Å². The summed E-state index contributed by atoms with van der Waals surface area (Å²) in [5.74, 6) is 0.471. The van der Waals surface area contributed by atoms with Crippen molar-refractivity contribution in [2.75, 3.05) is 13.2 Å². The number of rotatable bonds is 5. The molecule has 0 aromatic heterocycles. The Kier molecular flexibility index (Phi) is 4.66. The SMILES string of the molecule is O=C1C[C@H]2[C@H](CO[C@@H]2C=CC(O)COc2cccc(Cl)c2)O1. The molecule has 118 valence electrons. The second-order valence-corrected chi connectivity index (χ2v) is 5.85. The van der Waals surface area contributed by atoms with E-state index in [1.807, 2.05) is 0 Å². The molecule has 1 unspecified atom stereocenters. The fourth-order valence-electron chi connectivity index (χ4n) is 2.67. The fourth-order valence-corrected chi connectivity index (χ4v) is 2.85. The van der Waals surface area contributed by atoms with Crippen molar-refractivity contribution in [3.63, 3.8) is 0 Å². The molecular weight excluding hydrogens is 308 g/mol. The molecule has 4 atom stereocenters. The minimum atomic E-state index is -0.764. The maximum atomic E-state index is 11.2. The predicted octanol–water partition coefficient (Wildman–Crippen LogP) is 1.97. The fraction of sp³-hybridized carbons (Fsp3) is 0.438. The molecule has 1 N–H and O–H groups in total. The van der Waals surface area contributed by atoms with E-state index in [0.717, 1.165) is 0 Å². The summed E-state index contributed by atoms with van der Waals surface area (Å²) in [5, 5.41) is 10.5. The molecule has 0 amide bonds. The second kappa shape index (κ2) is 6.69. The normalized spacial score (nSPS) is 28.6. The van der Waals surface area contributed by atoms with Crippen LogP contribution in [0.25, 0.3) is 0 Å². The summed E-state index contributed by atoms with van der Waals surface area (Å²) >= 11 is 5.86. The minimum Gasteiger partial charge on any atom is -0.491 e. The summed E-state index contributed by atoms with van der Waals surface area (Å²) in [7, 11) is 0. The van der Waals surface area contributed by atoms with Gasteiger partial charge < -0.3 is 19.3 Å². The zero-order chi connectivity index (χ0) is 15.5. The quantitative estimate of drug-likeness (QED) is 0.662. The predicted molar refractivity (Wildman–Crippen MR) is 79.8 cm³/mol. The van der Waals surface area contributed by atoms with Gasteiger partial charge in [0.15, 0.2) is 0 Å². The number of carbonyl (C=O) groups is 1. The number of aliphatic hydroxyl groups excluding tert-OH is 1. The lowest BCUT2D eigenvalue weighted by atomic mass is 9.97. The molecule has 0 saturated carbocycles. The molecule has 1 aromatic carbocycles. The van der Waals surface area contributed by atoms with Crippen LogP contribution in [0.5, 0.6) is 5.75 Å². The van der Waals surface area contributed by atoms with Crippen molar-refractivity contribution < 1.29 is 24.1 Å². The van der Waals surface area contributed by atoms with Gasteiger partial charge in [0.25, 0.3) is 0 Å². The van der Waals surface area contributed by atoms with Gasteiger partial charge in [-0.1, -0.05) is 29.8 Å². The Balaban J connectivity index is 1.49. The number of carbonyl (C=O) groups excluding carboxylic acids is 1. The molecule has 0 aliphatic carbocycles. The number of fused-ring (bicyclic) bond motifs is 1. The van der Waals surface area contributed by atoms with Crippen LogP contribution in [0.4, 0.5) is 0 Å². The number of aliphatic hydroxyl groups is 1. The van der Waals surface area contributed by atoms with Crippen LogP contribution >= 0.6 is 11.6 Å². The Morgan fingerprint density at radius 3 is 3.18 bits per heavy atom. The average Bonchev–Trinajstić information content (AvgIpc) is 3.02. The topological polar surface area (TPSA) is 65.0 Å². The molecule has 0 spiro atoms. The minimum absolute atomic E-state index is 0.0461. The van der Waals surface area contributed by atoms with Crippen LogP contribution in [-0.4, -0.2) is 42.6 Å². The first kappa shape index (κ1) is 15.3. The maximum Gasteiger partial charge on any atom is 0.306 e. The third-order valence-electron chi connectivity index (χ3n) is 3.78. The molecule has 2 saturated heterocycles. The summed E-state index contributed by atoms with van der Waals surface area (Å²) in [4.78, 5) is 11.2. The zero-order valence-electron chi connectivity index (χ0n) is 11.9. The Labute approximate surface area is 133 Å². The number of hydrogen-bond donors (Lipinski definition) is 1. The van der Waals surface area contributed by atoms with E-state index in [9.17, 15) is 9.90 Å². The van der Waals surface area contributed by atoms with Gasteiger partial charge in [-0.05, 0) is 18.2 Å². The molecule has 22 heavy (non-hydrogen) atoms. The van der Waals surface area contributed by atoms with Crippen molar-refractivity contribution in [3.8, 4) is 5.75 Å². The van der Waals surface area contributed by atoms with Crippen molar-refractivity contribution in [2.45, 2.75) is 24.7 Å². The van der Waals surface area contributed by atoms with E-state index in [0.29, 0.717) is 23.8 Å². The second-order valence-electron chi connectivity index (χ2n) is 5.41. The van der Waals surface area contributed by atoms with Crippen LogP contribution in [0.15, 0.2) is 36.4 Å². The molecule has 0 radical (unpaired) electrons. The van der Waals surface area contributed by atoms with Crippen molar-refractivity contribution >= 4 is 17.6 Å². The molecular formula is C16H17ClO5. The number of hydrogen-bond acceptors (Lipinski definition) is 5. The third-order valence-corrected chi connectivity index (χ3v) is 4.01. The lowest BCUT2D eigenvalue weighted by Gasteiger charge is -2.12.